The van der Waals surface area contributed by atoms with Gasteiger partial charge < -0.3 is 0 Å². The van der Waals surface area contributed by atoms with Gasteiger partial charge in [0.25, 0.3) is 10.1 Å². The van der Waals surface area contributed by atoms with Gasteiger partial charge in [0.1, 0.15) is 5.75 Å². The quantitative estimate of drug-likeness (QED) is 0.786. The van der Waals surface area contributed by atoms with Crippen molar-refractivity contribution in [2.45, 2.75) is 12.7 Å². The minimum atomic E-state index is -3.94. The smallest absolute Gasteiger partial charge is 0.269 e. The summed E-state index contributed by atoms with van der Waals surface area (Å²) in [5.41, 5.74) is 1.28. The Morgan fingerprint density at radius 3 is 2.58 bits per heavy atom. The van der Waals surface area contributed by atoms with E-state index in [4.69, 9.17) is 16.2 Å². The van der Waals surface area contributed by atoms with Gasteiger partial charge >= 0.3 is 0 Å². The summed E-state index contributed by atoms with van der Waals surface area (Å²) in [4.78, 5) is 0. The zero-order chi connectivity index (χ0) is 9.35. The van der Waals surface area contributed by atoms with Gasteiger partial charge in [0.2, 0.25) is 0 Å². The van der Waals surface area contributed by atoms with Crippen molar-refractivity contribution in [2.75, 3.05) is 0 Å². The van der Waals surface area contributed by atoms with Crippen molar-refractivity contribution in [3.8, 4) is 0 Å². The lowest BCUT2D eigenvalue weighted by Gasteiger charge is -1.95. The van der Waals surface area contributed by atoms with E-state index in [1.807, 2.05) is 0 Å². The van der Waals surface area contributed by atoms with E-state index in [2.05, 4.69) is 0 Å². The molecule has 0 fully saturated rings. The molecule has 0 aliphatic heterocycles. The van der Waals surface area contributed by atoms with Gasteiger partial charge in [-0.15, -0.1) is 11.3 Å². The summed E-state index contributed by atoms with van der Waals surface area (Å²) < 4.78 is 30.1. The van der Waals surface area contributed by atoms with Crippen molar-refractivity contribution >= 4 is 33.1 Å². The topological polar surface area (TPSA) is 54.4 Å². The molecular formula is C6H7ClO3S2. The molecule has 68 valence electrons. The molecule has 0 atom stereocenters. The van der Waals surface area contributed by atoms with E-state index >= 15 is 0 Å². The molecule has 1 aromatic heterocycles. The number of hydrogen-bond acceptors (Lipinski definition) is 3. The predicted molar refractivity (Wildman–Crippen MR) is 49.3 cm³/mol. The zero-order valence-corrected chi connectivity index (χ0v) is 8.63. The summed E-state index contributed by atoms with van der Waals surface area (Å²) in [7, 11) is -3.94. The van der Waals surface area contributed by atoms with Crippen LogP contribution in [-0.4, -0.2) is 13.0 Å². The first-order chi connectivity index (χ1) is 5.40. The number of halogens is 1. The summed E-state index contributed by atoms with van der Waals surface area (Å²) in [5.74, 6) is -0.359. The fourth-order valence-electron chi connectivity index (χ4n) is 0.765. The van der Waals surface area contributed by atoms with Gasteiger partial charge in [-0.2, -0.15) is 8.42 Å². The van der Waals surface area contributed by atoms with Crippen LogP contribution in [0.1, 0.15) is 11.1 Å². The van der Waals surface area contributed by atoms with Crippen LogP contribution < -0.4 is 0 Å². The maximum atomic E-state index is 10.5. The molecule has 0 aromatic carbocycles. The van der Waals surface area contributed by atoms with Crippen LogP contribution >= 0.6 is 22.9 Å². The molecule has 6 heteroatoms. The summed E-state index contributed by atoms with van der Waals surface area (Å²) in [6.07, 6.45) is 0. The van der Waals surface area contributed by atoms with Crippen LogP contribution in [0.5, 0.6) is 0 Å². The maximum absolute atomic E-state index is 10.5. The molecule has 1 rings (SSSR count). The molecule has 0 saturated carbocycles. The molecular weight excluding hydrogens is 220 g/mol. The van der Waals surface area contributed by atoms with Gasteiger partial charge in [-0.1, -0.05) is 11.6 Å². The molecule has 1 N–H and O–H groups in total. The van der Waals surface area contributed by atoms with Crippen molar-refractivity contribution in [3.05, 3.63) is 20.8 Å². The summed E-state index contributed by atoms with van der Waals surface area (Å²) in [6.45, 7) is 1.72. The van der Waals surface area contributed by atoms with Crippen LogP contribution in [0.3, 0.4) is 0 Å². The molecule has 0 spiro atoms. The monoisotopic (exact) mass is 226 g/mol. The van der Waals surface area contributed by atoms with Crippen LogP contribution in [-0.2, 0) is 15.9 Å². The second-order valence-electron chi connectivity index (χ2n) is 2.39. The molecule has 1 heterocycles. The van der Waals surface area contributed by atoms with Crippen LogP contribution in [0.15, 0.2) is 5.38 Å². The summed E-state index contributed by atoms with van der Waals surface area (Å²) >= 11 is 6.96. The van der Waals surface area contributed by atoms with Gasteiger partial charge in [0, 0.05) is 0 Å². The Labute approximate surface area is 79.7 Å². The molecule has 0 amide bonds. The highest BCUT2D eigenvalue weighted by atomic mass is 35.5. The third-order valence-electron chi connectivity index (χ3n) is 1.42. The maximum Gasteiger partial charge on any atom is 0.269 e. The van der Waals surface area contributed by atoms with Gasteiger partial charge in [0.05, 0.1) is 4.34 Å². The highest BCUT2D eigenvalue weighted by molar-refractivity contribution is 7.85. The summed E-state index contributed by atoms with van der Waals surface area (Å²) in [5, 5.41) is 1.63. The second-order valence-corrected chi connectivity index (χ2v) is 5.32. The van der Waals surface area contributed by atoms with E-state index in [0.717, 1.165) is 5.56 Å². The van der Waals surface area contributed by atoms with Crippen molar-refractivity contribution < 1.29 is 13.0 Å². The predicted octanol–water partition coefficient (Wildman–Crippen LogP) is 2.10. The van der Waals surface area contributed by atoms with Gasteiger partial charge in [0.15, 0.2) is 0 Å². The van der Waals surface area contributed by atoms with Crippen LogP contribution in [0.4, 0.5) is 0 Å². The largest absolute Gasteiger partial charge is 0.285 e. The van der Waals surface area contributed by atoms with Crippen molar-refractivity contribution in [3.63, 3.8) is 0 Å². The van der Waals surface area contributed by atoms with Gasteiger partial charge in [-0.3, -0.25) is 4.55 Å². The summed E-state index contributed by atoms with van der Waals surface area (Å²) in [6, 6.07) is 0. The Morgan fingerprint density at radius 1 is 1.67 bits per heavy atom. The van der Waals surface area contributed by atoms with E-state index in [-0.39, 0.29) is 5.75 Å². The second kappa shape index (κ2) is 3.33. The first kappa shape index (κ1) is 9.98. The SMILES string of the molecule is Cc1c(CS(=O)(=O)O)csc1Cl. The molecule has 0 radical (unpaired) electrons. The molecule has 0 unspecified atom stereocenters. The van der Waals surface area contributed by atoms with E-state index < -0.39 is 10.1 Å². The third kappa shape index (κ3) is 2.45. The van der Waals surface area contributed by atoms with E-state index in [0.29, 0.717) is 9.90 Å². The highest BCUT2D eigenvalue weighted by Crippen LogP contribution is 2.27. The van der Waals surface area contributed by atoms with Gasteiger partial charge in [-0.25, -0.2) is 0 Å². The van der Waals surface area contributed by atoms with E-state index in [1.165, 1.54) is 11.3 Å². The normalized spacial score (nSPS) is 11.9. The Balaban J connectivity index is 2.99. The molecule has 0 aliphatic rings. The number of thiophene rings is 1. The first-order valence-corrected chi connectivity index (χ1v) is 5.94. The van der Waals surface area contributed by atoms with Crippen LogP contribution in [0.25, 0.3) is 0 Å². The van der Waals surface area contributed by atoms with Crippen molar-refractivity contribution in [1.29, 1.82) is 0 Å². The van der Waals surface area contributed by atoms with Crippen molar-refractivity contribution in [2.24, 2.45) is 0 Å². The first-order valence-electron chi connectivity index (χ1n) is 3.08. The number of hydrogen-bond donors (Lipinski definition) is 1. The minimum Gasteiger partial charge on any atom is -0.285 e. The molecule has 3 nitrogen and oxygen atoms in total. The van der Waals surface area contributed by atoms with E-state index in [1.54, 1.807) is 12.3 Å². The average Bonchev–Trinajstić information content (AvgIpc) is 2.16. The zero-order valence-electron chi connectivity index (χ0n) is 6.24. The van der Waals surface area contributed by atoms with Crippen LogP contribution in [0, 0.1) is 6.92 Å². The Morgan fingerprint density at radius 2 is 2.25 bits per heavy atom. The molecule has 1 aromatic rings. The lowest BCUT2D eigenvalue weighted by molar-refractivity contribution is 0.482. The average molecular weight is 227 g/mol. The molecule has 0 saturated heterocycles. The van der Waals surface area contributed by atoms with Crippen LogP contribution in [0.2, 0.25) is 4.34 Å². The molecule has 12 heavy (non-hydrogen) atoms. The minimum absolute atomic E-state index is 0.359. The fourth-order valence-corrected chi connectivity index (χ4v) is 2.63. The number of rotatable bonds is 2. The Kier molecular flexibility index (Phi) is 2.77. The van der Waals surface area contributed by atoms with Crippen molar-refractivity contribution in [1.82, 2.24) is 0 Å². The highest BCUT2D eigenvalue weighted by Gasteiger charge is 2.12. The lowest BCUT2D eigenvalue weighted by atomic mass is 10.2. The Bertz CT molecular complexity index is 379. The van der Waals surface area contributed by atoms with E-state index in [9.17, 15) is 8.42 Å². The standard InChI is InChI=1S/C6H7ClO3S2/c1-4-5(2-11-6(4)7)3-12(8,9)10/h2H,3H2,1H3,(H,8,9,10). The third-order valence-corrected chi connectivity index (χ3v) is 3.56. The Hall–Kier alpha value is -0.100. The molecule has 0 aliphatic carbocycles. The molecule has 0 bridgehead atoms. The van der Waals surface area contributed by atoms with Gasteiger partial charge in [-0.05, 0) is 23.4 Å². The fraction of sp³-hybridized carbons (Fsp3) is 0.333. The lowest BCUT2D eigenvalue weighted by Crippen LogP contribution is -2.01.